The third-order valence-electron chi connectivity index (χ3n) is 25.4. The molecular weight excluding hydrogens is 1450 g/mol. The molecular formula is C115H75N5. The molecule has 0 radical (unpaired) electrons. The van der Waals surface area contributed by atoms with Gasteiger partial charge in [-0.1, -0.05) is 303 Å². The summed E-state index contributed by atoms with van der Waals surface area (Å²) in [5.74, 6) is 0. The Morgan fingerprint density at radius 1 is 0.133 bits per heavy atom. The number of para-hydroxylation sites is 8. The molecule has 5 heterocycles. The Morgan fingerprint density at radius 2 is 0.375 bits per heavy atom. The Kier molecular flexibility index (Phi) is 15.8. The van der Waals surface area contributed by atoms with E-state index in [-0.39, 0.29) is 0 Å². The molecule has 560 valence electrons. The van der Waals surface area contributed by atoms with Crippen LogP contribution in [0.1, 0.15) is 22.3 Å². The van der Waals surface area contributed by atoms with Gasteiger partial charge in [0.25, 0.3) is 0 Å². The van der Waals surface area contributed by atoms with Crippen molar-refractivity contribution >= 4 is 109 Å². The molecule has 5 nitrogen and oxygen atoms in total. The maximum absolute atomic E-state index is 2.50. The van der Waals surface area contributed by atoms with Crippen LogP contribution in [0.2, 0.25) is 0 Å². The molecule has 0 aliphatic heterocycles. The van der Waals surface area contributed by atoms with Crippen molar-refractivity contribution in [2.45, 2.75) is 5.41 Å². The highest BCUT2D eigenvalue weighted by Crippen LogP contribution is 2.58. The van der Waals surface area contributed by atoms with Crippen LogP contribution >= 0.6 is 0 Å². The quantitative estimate of drug-likeness (QED) is 0.123. The monoisotopic (exact) mass is 1530 g/mol. The molecule has 25 rings (SSSR count). The fraction of sp³-hybridized carbons (Fsp3) is 0.00870. The molecule has 5 heteroatoms. The van der Waals surface area contributed by atoms with Gasteiger partial charge in [0.1, 0.15) is 0 Å². The maximum Gasteiger partial charge on any atom is 0.0714 e. The SMILES string of the molecule is c1ccc(-n2c3ccccc3c3cc(-c4ccc(-c5ccc6c(c5)c5cc7c(cc5n6-c5ccccc5)C(c5ccccc5)(c5ccccc5)c5ccccc5-7)cc4)ccc32)cc1.c1ccc(-n2c3ccccc3c3cc(-c4ccc(-c5ccc6c(c5)c5cc7c8ccccc8n(-c8ccccc8)c7cc5n6-c5ccccc5)cc4)ccc32)cc1. The van der Waals surface area contributed by atoms with Crippen LogP contribution in [0, 0.1) is 0 Å². The van der Waals surface area contributed by atoms with E-state index >= 15 is 0 Å². The smallest absolute Gasteiger partial charge is 0.0714 e. The molecule has 24 aromatic rings. The summed E-state index contributed by atoms with van der Waals surface area (Å²) in [7, 11) is 0. The summed E-state index contributed by atoms with van der Waals surface area (Å²) in [4.78, 5) is 0. The van der Waals surface area contributed by atoms with Gasteiger partial charge in [-0.15, -0.1) is 0 Å². The van der Waals surface area contributed by atoms with Crippen LogP contribution in [-0.4, -0.2) is 22.8 Å². The van der Waals surface area contributed by atoms with Crippen molar-refractivity contribution in [1.29, 1.82) is 0 Å². The van der Waals surface area contributed by atoms with Crippen LogP contribution in [0.5, 0.6) is 0 Å². The zero-order valence-corrected chi connectivity index (χ0v) is 65.5. The number of fused-ring (bicyclic) bond motifs is 18. The summed E-state index contributed by atoms with van der Waals surface area (Å²) < 4.78 is 12.0. The van der Waals surface area contributed by atoms with Gasteiger partial charge >= 0.3 is 0 Å². The van der Waals surface area contributed by atoms with E-state index in [1.54, 1.807) is 0 Å². The predicted molar refractivity (Wildman–Crippen MR) is 504 cm³/mol. The first-order chi connectivity index (χ1) is 59.5. The van der Waals surface area contributed by atoms with Gasteiger partial charge in [-0.3, -0.25) is 0 Å². The molecule has 5 aromatic heterocycles. The second kappa shape index (κ2) is 27.7. The number of hydrogen-bond donors (Lipinski definition) is 0. The molecule has 0 unspecified atom stereocenters. The first-order valence-electron chi connectivity index (χ1n) is 41.4. The summed E-state index contributed by atoms with van der Waals surface area (Å²) in [6.07, 6.45) is 0. The Morgan fingerprint density at radius 3 is 0.725 bits per heavy atom. The first-order valence-corrected chi connectivity index (χ1v) is 41.4. The minimum absolute atomic E-state index is 0.475. The molecule has 0 atom stereocenters. The summed E-state index contributed by atoms with van der Waals surface area (Å²) in [5.41, 5.74) is 34.8. The molecule has 0 saturated carbocycles. The van der Waals surface area contributed by atoms with Gasteiger partial charge in [0, 0.05) is 82.3 Å². The second-order valence-corrected chi connectivity index (χ2v) is 31.8. The lowest BCUT2D eigenvalue weighted by Gasteiger charge is -2.34. The average Bonchev–Trinajstić information content (AvgIpc) is 1.52. The fourth-order valence-electron chi connectivity index (χ4n) is 20.1. The topological polar surface area (TPSA) is 24.6 Å². The summed E-state index contributed by atoms with van der Waals surface area (Å²) in [5, 5.41) is 12.5. The largest absolute Gasteiger partial charge is 0.309 e. The lowest BCUT2D eigenvalue weighted by atomic mass is 9.67. The average molecular weight is 1530 g/mol. The number of aromatic nitrogens is 5. The van der Waals surface area contributed by atoms with Gasteiger partial charge in [0.05, 0.1) is 60.6 Å². The predicted octanol–water partition coefficient (Wildman–Crippen LogP) is 29.9. The Labute approximate surface area is 693 Å². The van der Waals surface area contributed by atoms with Crippen LogP contribution in [0.25, 0.3) is 193 Å². The van der Waals surface area contributed by atoms with Crippen LogP contribution in [0.15, 0.2) is 455 Å². The fourth-order valence-corrected chi connectivity index (χ4v) is 20.1. The standard InChI is InChI=1S/C61H40N2.C54H35N3/c1-5-17-45(18-6-1)61(46-19-7-2-8-20-46)55-27-15-13-25-49(55)51-39-54-53-38-44(34-36-59(53)63(60(54)40-56(51)61)48-23-11-4-12-24-48)42-31-29-41(30-32-42)43-33-35-58-52(37-43)50-26-14-16-28-57(50)62(58)47-21-9-3-10-22-47;1-4-14-40(15-5-1)55-49-22-12-10-20-43(49)45-32-38(28-30-51(45)55)36-24-26-37(27-25-36)39-29-31-52-46(33-39)48-34-47-44-21-11-13-23-50(44)56(41-16-6-2-7-17-41)53(47)35-54(48)57(52)42-18-8-3-9-19-42/h1-40H;1-35H. The van der Waals surface area contributed by atoms with Gasteiger partial charge in [-0.05, 0) is 230 Å². The normalized spacial score (nSPS) is 12.4. The third-order valence-corrected chi connectivity index (χ3v) is 25.4. The summed E-state index contributed by atoms with van der Waals surface area (Å²) in [6, 6.07) is 167. The lowest BCUT2D eigenvalue weighted by Crippen LogP contribution is -2.28. The van der Waals surface area contributed by atoms with Crippen molar-refractivity contribution < 1.29 is 0 Å². The van der Waals surface area contributed by atoms with E-state index in [4.69, 9.17) is 0 Å². The molecule has 19 aromatic carbocycles. The zero-order valence-electron chi connectivity index (χ0n) is 65.5. The van der Waals surface area contributed by atoms with Crippen molar-refractivity contribution in [2.75, 3.05) is 0 Å². The number of nitrogens with zero attached hydrogens (tertiary/aromatic N) is 5. The minimum atomic E-state index is -0.475. The molecule has 1 aliphatic rings. The van der Waals surface area contributed by atoms with Crippen LogP contribution < -0.4 is 0 Å². The summed E-state index contributed by atoms with van der Waals surface area (Å²) >= 11 is 0. The van der Waals surface area contributed by atoms with Crippen LogP contribution in [-0.2, 0) is 5.41 Å². The van der Waals surface area contributed by atoms with Gasteiger partial charge in [-0.2, -0.15) is 0 Å². The minimum Gasteiger partial charge on any atom is -0.309 e. The van der Waals surface area contributed by atoms with Crippen LogP contribution in [0.4, 0.5) is 0 Å². The second-order valence-electron chi connectivity index (χ2n) is 31.8. The molecule has 0 saturated heterocycles. The number of hydrogen-bond acceptors (Lipinski definition) is 0. The highest BCUT2D eigenvalue weighted by molar-refractivity contribution is 6.21. The van der Waals surface area contributed by atoms with Gasteiger partial charge in [-0.25, -0.2) is 0 Å². The van der Waals surface area contributed by atoms with Crippen molar-refractivity contribution in [1.82, 2.24) is 22.8 Å². The first kappa shape index (κ1) is 68.6. The highest BCUT2D eigenvalue weighted by Gasteiger charge is 2.46. The molecule has 0 spiro atoms. The summed E-state index contributed by atoms with van der Waals surface area (Å²) in [6.45, 7) is 0. The Balaban J connectivity index is 0.000000137. The molecule has 0 bridgehead atoms. The van der Waals surface area contributed by atoms with Gasteiger partial charge < -0.3 is 22.8 Å². The Hall–Kier alpha value is -15.8. The van der Waals surface area contributed by atoms with Crippen molar-refractivity contribution in [2.24, 2.45) is 0 Å². The lowest BCUT2D eigenvalue weighted by molar-refractivity contribution is 0.769. The Bertz CT molecular complexity index is 8100. The van der Waals surface area contributed by atoms with E-state index in [2.05, 4.69) is 478 Å². The van der Waals surface area contributed by atoms with E-state index in [1.807, 2.05) is 0 Å². The van der Waals surface area contributed by atoms with Crippen LogP contribution in [0.3, 0.4) is 0 Å². The van der Waals surface area contributed by atoms with E-state index in [0.29, 0.717) is 0 Å². The van der Waals surface area contributed by atoms with Crippen molar-refractivity contribution in [3.63, 3.8) is 0 Å². The van der Waals surface area contributed by atoms with E-state index in [0.717, 1.165) is 17.1 Å². The molecule has 0 amide bonds. The van der Waals surface area contributed by atoms with E-state index < -0.39 is 5.41 Å². The van der Waals surface area contributed by atoms with Crippen molar-refractivity contribution in [3.05, 3.63) is 477 Å². The van der Waals surface area contributed by atoms with Crippen molar-refractivity contribution in [3.8, 4) is 84.1 Å². The van der Waals surface area contributed by atoms with Gasteiger partial charge in [0.2, 0.25) is 0 Å². The molecule has 1 aliphatic carbocycles. The zero-order chi connectivity index (χ0) is 78.9. The third kappa shape index (κ3) is 10.7. The molecule has 120 heavy (non-hydrogen) atoms. The maximum atomic E-state index is 2.50. The van der Waals surface area contributed by atoms with E-state index in [9.17, 15) is 0 Å². The molecule has 0 fully saturated rings. The van der Waals surface area contributed by atoms with E-state index in [1.165, 1.54) is 198 Å². The molecule has 0 N–H and O–H groups in total. The van der Waals surface area contributed by atoms with Gasteiger partial charge in [0.15, 0.2) is 0 Å². The number of rotatable bonds is 11. The highest BCUT2D eigenvalue weighted by atomic mass is 15.0. The number of benzene rings is 19.